The number of rotatable bonds is 5. The molecule has 0 N–H and O–H groups in total. The number of benzene rings is 4. The molecule has 2 bridgehead atoms. The number of hydrogen-bond donors (Lipinski definition) is 0. The Kier molecular flexibility index (Phi) is 4.94. The Bertz CT molecular complexity index is 1460. The van der Waals surface area contributed by atoms with E-state index in [2.05, 4.69) is 89.8 Å². The third kappa shape index (κ3) is 2.77. The van der Waals surface area contributed by atoms with E-state index in [1.165, 1.54) is 12.7 Å². The van der Waals surface area contributed by atoms with Crippen LogP contribution < -0.4 is 0 Å². The lowest BCUT2D eigenvalue weighted by Crippen LogP contribution is -2.55. The molecule has 4 heteroatoms. The minimum atomic E-state index is -0.968. The van der Waals surface area contributed by atoms with Crippen molar-refractivity contribution >= 4 is 5.97 Å². The number of fused-ring (bicyclic) bond motifs is 8. The maximum Gasteiger partial charge on any atom is 0.317 e. The van der Waals surface area contributed by atoms with Gasteiger partial charge in [-0.1, -0.05) is 115 Å². The van der Waals surface area contributed by atoms with Crippen LogP contribution in [0.4, 0.5) is 0 Å². The molecule has 0 aromatic heterocycles. The van der Waals surface area contributed by atoms with E-state index in [1.54, 1.807) is 0 Å². The van der Waals surface area contributed by atoms with Crippen molar-refractivity contribution in [2.45, 2.75) is 17.7 Å². The van der Waals surface area contributed by atoms with Gasteiger partial charge >= 0.3 is 5.97 Å². The zero-order chi connectivity index (χ0) is 25.1. The fourth-order valence-corrected chi connectivity index (χ4v) is 7.57. The second-order valence-electron chi connectivity index (χ2n) is 10.5. The van der Waals surface area contributed by atoms with Crippen LogP contribution in [-0.2, 0) is 32.0 Å². The van der Waals surface area contributed by atoms with Crippen LogP contribution in [0.25, 0.3) is 0 Å². The number of methoxy groups -OCH3 is 1. The lowest BCUT2D eigenvalue weighted by Gasteiger charge is -2.44. The van der Waals surface area contributed by atoms with Gasteiger partial charge in [-0.05, 0) is 27.8 Å². The number of carbonyl (C=O) groups excluding carboxylic acids is 1. The van der Waals surface area contributed by atoms with Crippen molar-refractivity contribution in [3.8, 4) is 0 Å². The first-order chi connectivity index (χ1) is 18.2. The molecule has 2 fully saturated rings. The monoisotopic (exact) mass is 487 g/mol. The van der Waals surface area contributed by atoms with Gasteiger partial charge in [0.2, 0.25) is 0 Å². The first-order valence-electron chi connectivity index (χ1n) is 12.9. The smallest absolute Gasteiger partial charge is 0.317 e. The molecule has 4 aromatic carbocycles. The van der Waals surface area contributed by atoms with Crippen molar-refractivity contribution in [3.05, 3.63) is 143 Å². The first kappa shape index (κ1) is 22.5. The molecule has 0 radical (unpaired) electrons. The van der Waals surface area contributed by atoms with Crippen molar-refractivity contribution in [2.75, 3.05) is 20.2 Å². The van der Waals surface area contributed by atoms with Gasteiger partial charge in [-0.15, -0.1) is 0 Å². The second-order valence-corrected chi connectivity index (χ2v) is 10.5. The van der Waals surface area contributed by atoms with Crippen LogP contribution >= 0.6 is 0 Å². The molecule has 184 valence electrons. The molecule has 3 aliphatic rings. The third-order valence-electron chi connectivity index (χ3n) is 8.83. The predicted molar refractivity (Wildman–Crippen MR) is 142 cm³/mol. The molecule has 37 heavy (non-hydrogen) atoms. The van der Waals surface area contributed by atoms with Crippen molar-refractivity contribution < 1.29 is 14.3 Å². The lowest BCUT2D eigenvalue weighted by molar-refractivity contribution is -0.164. The molecular weight excluding hydrogens is 458 g/mol. The zero-order valence-electron chi connectivity index (χ0n) is 20.8. The summed E-state index contributed by atoms with van der Waals surface area (Å²) in [5, 5.41) is 0. The molecule has 3 heterocycles. The summed E-state index contributed by atoms with van der Waals surface area (Å²) < 4.78 is 13.1. The molecule has 0 amide bonds. The number of hydrogen-bond acceptors (Lipinski definition) is 4. The molecule has 0 spiro atoms. The molecule has 3 aliphatic heterocycles. The van der Waals surface area contributed by atoms with Gasteiger partial charge in [0.1, 0.15) is 16.6 Å². The summed E-state index contributed by atoms with van der Waals surface area (Å²) >= 11 is 0. The van der Waals surface area contributed by atoms with Crippen LogP contribution in [-0.4, -0.2) is 31.1 Å². The maximum absolute atomic E-state index is 14.2. The highest BCUT2D eigenvalue weighted by Crippen LogP contribution is 2.75. The van der Waals surface area contributed by atoms with Gasteiger partial charge in [0.15, 0.2) is 0 Å². The summed E-state index contributed by atoms with van der Waals surface area (Å²) in [7, 11) is 1.51. The number of carbonyl (C=O) groups is 1. The Hall–Kier alpha value is -3.73. The SMILES string of the molecule is COC(=O)[C@@]12CN(Cc3ccccc3)C[C@@H]1[C@]1(c3ccccc3)O[C@@]2(c2ccccc2)c2ccccc21. The molecule has 2 saturated heterocycles. The van der Waals surface area contributed by atoms with Gasteiger partial charge in [-0.2, -0.15) is 0 Å². The number of esters is 1. The van der Waals surface area contributed by atoms with E-state index in [1.807, 2.05) is 30.3 Å². The van der Waals surface area contributed by atoms with E-state index in [9.17, 15) is 4.79 Å². The summed E-state index contributed by atoms with van der Waals surface area (Å²) in [5.41, 5.74) is 2.87. The van der Waals surface area contributed by atoms with Crippen LogP contribution in [0.1, 0.15) is 27.8 Å². The Morgan fingerprint density at radius 3 is 2.03 bits per heavy atom. The van der Waals surface area contributed by atoms with Crippen LogP contribution in [0.3, 0.4) is 0 Å². The fourth-order valence-electron chi connectivity index (χ4n) is 7.57. The first-order valence-corrected chi connectivity index (χ1v) is 12.9. The van der Waals surface area contributed by atoms with Crippen LogP contribution in [0.2, 0.25) is 0 Å². The Labute approximate surface area is 217 Å². The average Bonchev–Trinajstić information content (AvgIpc) is 3.58. The van der Waals surface area contributed by atoms with Crippen molar-refractivity contribution in [1.29, 1.82) is 0 Å². The molecule has 7 rings (SSSR count). The third-order valence-corrected chi connectivity index (χ3v) is 8.83. The van der Waals surface area contributed by atoms with Crippen molar-refractivity contribution in [2.24, 2.45) is 11.3 Å². The second kappa shape index (κ2) is 8.14. The summed E-state index contributed by atoms with van der Waals surface area (Å²) in [4.78, 5) is 16.7. The van der Waals surface area contributed by atoms with Crippen molar-refractivity contribution in [3.63, 3.8) is 0 Å². The standard InChI is InChI=1S/C33H29NO3/c1-36-30(35)31-23-34(21-24-13-5-2-6-14-24)22-29(31)32(25-15-7-3-8-16-25)27-19-11-12-20-28(27)33(31,37-32)26-17-9-4-10-18-26/h2-20,29H,21-23H2,1H3/t29-,31+,32+,33-/m0/s1. The van der Waals surface area contributed by atoms with Crippen LogP contribution in [0.5, 0.6) is 0 Å². The number of ether oxygens (including phenoxy) is 2. The normalized spacial score (nSPS) is 29.6. The molecule has 4 atom stereocenters. The lowest BCUT2D eigenvalue weighted by atomic mass is 9.53. The summed E-state index contributed by atoms with van der Waals surface area (Å²) in [6.45, 7) is 2.04. The largest absolute Gasteiger partial charge is 0.468 e. The summed E-state index contributed by atoms with van der Waals surface area (Å²) in [6.07, 6.45) is 0. The fraction of sp³-hybridized carbons (Fsp3) is 0.242. The minimum absolute atomic E-state index is 0.131. The minimum Gasteiger partial charge on any atom is -0.468 e. The van der Waals surface area contributed by atoms with Crippen molar-refractivity contribution in [1.82, 2.24) is 4.90 Å². The zero-order valence-corrected chi connectivity index (χ0v) is 20.8. The average molecular weight is 488 g/mol. The van der Waals surface area contributed by atoms with E-state index >= 15 is 0 Å². The number of nitrogens with zero attached hydrogens (tertiary/aromatic N) is 1. The van der Waals surface area contributed by atoms with Gasteiger partial charge in [0, 0.05) is 25.6 Å². The van der Waals surface area contributed by atoms with Gasteiger partial charge in [-0.3, -0.25) is 9.69 Å². The molecule has 0 saturated carbocycles. The van der Waals surface area contributed by atoms with E-state index < -0.39 is 16.6 Å². The maximum atomic E-state index is 14.2. The Balaban J connectivity index is 1.52. The van der Waals surface area contributed by atoms with Crippen LogP contribution in [0.15, 0.2) is 115 Å². The van der Waals surface area contributed by atoms with E-state index in [4.69, 9.17) is 9.47 Å². The highest BCUT2D eigenvalue weighted by atomic mass is 16.6. The van der Waals surface area contributed by atoms with E-state index in [0.717, 1.165) is 35.3 Å². The van der Waals surface area contributed by atoms with E-state index in [0.29, 0.717) is 6.54 Å². The Morgan fingerprint density at radius 1 is 0.811 bits per heavy atom. The Morgan fingerprint density at radius 2 is 1.38 bits per heavy atom. The quantitative estimate of drug-likeness (QED) is 0.348. The van der Waals surface area contributed by atoms with Crippen LogP contribution in [0, 0.1) is 11.3 Å². The predicted octanol–water partition coefficient (Wildman–Crippen LogP) is 5.51. The highest BCUT2D eigenvalue weighted by Gasteiger charge is 2.83. The molecule has 4 nitrogen and oxygen atoms in total. The molecular formula is C33H29NO3. The number of likely N-dealkylation sites (tertiary alicyclic amines) is 1. The van der Waals surface area contributed by atoms with Gasteiger partial charge < -0.3 is 9.47 Å². The van der Waals surface area contributed by atoms with Gasteiger partial charge in [0.05, 0.1) is 7.11 Å². The topological polar surface area (TPSA) is 38.8 Å². The van der Waals surface area contributed by atoms with Gasteiger partial charge in [-0.25, -0.2) is 0 Å². The highest BCUT2D eigenvalue weighted by molar-refractivity contribution is 5.85. The molecule has 4 aromatic rings. The van der Waals surface area contributed by atoms with E-state index in [-0.39, 0.29) is 11.9 Å². The summed E-state index contributed by atoms with van der Waals surface area (Å²) in [5.74, 6) is -0.335. The molecule has 0 aliphatic carbocycles. The van der Waals surface area contributed by atoms with Gasteiger partial charge in [0.25, 0.3) is 0 Å². The summed E-state index contributed by atoms with van der Waals surface area (Å²) in [6, 6.07) is 39.7. The molecule has 0 unspecified atom stereocenters.